The van der Waals surface area contributed by atoms with Crippen molar-refractivity contribution in [2.24, 2.45) is 0 Å². The van der Waals surface area contributed by atoms with Crippen molar-refractivity contribution >= 4 is 11.6 Å². The summed E-state index contributed by atoms with van der Waals surface area (Å²) in [5.74, 6) is 0.0576. The van der Waals surface area contributed by atoms with Crippen LogP contribution >= 0.6 is 0 Å². The van der Waals surface area contributed by atoms with Gasteiger partial charge in [0.05, 0.1) is 5.56 Å². The highest BCUT2D eigenvalue weighted by Gasteiger charge is 2.35. The molecule has 0 aromatic heterocycles. The van der Waals surface area contributed by atoms with Gasteiger partial charge in [-0.05, 0) is 67.0 Å². The van der Waals surface area contributed by atoms with E-state index in [2.05, 4.69) is 5.32 Å². The number of nitrogens with one attached hydrogen (secondary N) is 1. The number of carbonyl (C=O) groups is 1. The maximum Gasteiger partial charge on any atom is 0.419 e. The summed E-state index contributed by atoms with van der Waals surface area (Å²) in [5, 5.41) is 2.85. The standard InChI is InChI=1S/C23H26F3NO2/c1-4-15-12-19(23(24,25)26)21(11-14(15)3)29-13-18-17(16-9-10-16)7-6-8-20(18)27-22(28)5-2/h6-8,11-12,16H,4-5,9-10,13H2,1-3H3,(H,27,28). The minimum Gasteiger partial charge on any atom is -0.488 e. The molecule has 1 N–H and O–H groups in total. The van der Waals surface area contributed by atoms with E-state index in [9.17, 15) is 18.0 Å². The van der Waals surface area contributed by atoms with Crippen LogP contribution in [0, 0.1) is 6.92 Å². The van der Waals surface area contributed by atoms with Gasteiger partial charge in [-0.3, -0.25) is 4.79 Å². The summed E-state index contributed by atoms with van der Waals surface area (Å²) in [4.78, 5) is 11.9. The third kappa shape index (κ3) is 4.92. The molecule has 1 amide bonds. The Bertz CT molecular complexity index is 902. The number of hydrogen-bond donors (Lipinski definition) is 1. The van der Waals surface area contributed by atoms with E-state index in [-0.39, 0.29) is 18.3 Å². The molecule has 29 heavy (non-hydrogen) atoms. The second-order valence-corrected chi connectivity index (χ2v) is 7.46. The van der Waals surface area contributed by atoms with Gasteiger partial charge in [-0.2, -0.15) is 13.2 Å². The number of halogens is 3. The van der Waals surface area contributed by atoms with Gasteiger partial charge in [-0.15, -0.1) is 0 Å². The largest absolute Gasteiger partial charge is 0.488 e. The monoisotopic (exact) mass is 405 g/mol. The third-order valence-corrected chi connectivity index (χ3v) is 5.32. The fourth-order valence-electron chi connectivity index (χ4n) is 3.50. The first-order valence-electron chi connectivity index (χ1n) is 9.99. The van der Waals surface area contributed by atoms with Crippen LogP contribution in [0.1, 0.15) is 66.8 Å². The summed E-state index contributed by atoms with van der Waals surface area (Å²) in [6, 6.07) is 8.25. The average Bonchev–Trinajstić information content (AvgIpc) is 3.50. The molecule has 1 aliphatic carbocycles. The molecule has 1 aliphatic rings. The minimum absolute atomic E-state index is 0.0278. The maximum atomic E-state index is 13.6. The summed E-state index contributed by atoms with van der Waals surface area (Å²) >= 11 is 0. The van der Waals surface area contributed by atoms with Crippen molar-refractivity contribution in [3.8, 4) is 5.75 Å². The number of ether oxygens (including phenoxy) is 1. The molecular formula is C23H26F3NO2. The molecule has 0 heterocycles. The summed E-state index contributed by atoms with van der Waals surface area (Å²) < 4.78 is 46.5. The zero-order chi connectivity index (χ0) is 21.2. The van der Waals surface area contributed by atoms with Gasteiger partial charge in [0.2, 0.25) is 5.91 Å². The fraction of sp³-hybridized carbons (Fsp3) is 0.435. The molecule has 1 fully saturated rings. The topological polar surface area (TPSA) is 38.3 Å². The molecule has 0 spiro atoms. The van der Waals surface area contributed by atoms with Gasteiger partial charge in [0, 0.05) is 17.7 Å². The number of alkyl halides is 3. The van der Waals surface area contributed by atoms with E-state index in [4.69, 9.17) is 4.74 Å². The molecule has 0 radical (unpaired) electrons. The van der Waals surface area contributed by atoms with Gasteiger partial charge < -0.3 is 10.1 Å². The molecule has 0 aliphatic heterocycles. The van der Waals surface area contributed by atoms with Crippen LogP contribution in [0.2, 0.25) is 0 Å². The van der Waals surface area contributed by atoms with Gasteiger partial charge in [0.15, 0.2) is 0 Å². The molecule has 0 saturated heterocycles. The Hall–Kier alpha value is -2.50. The summed E-state index contributed by atoms with van der Waals surface area (Å²) in [6.07, 6.45) is -1.58. The van der Waals surface area contributed by atoms with Crippen LogP contribution in [-0.2, 0) is 24.0 Å². The van der Waals surface area contributed by atoms with Crippen LogP contribution in [-0.4, -0.2) is 5.91 Å². The van der Waals surface area contributed by atoms with E-state index >= 15 is 0 Å². The molecule has 0 atom stereocenters. The van der Waals surface area contributed by atoms with E-state index in [1.807, 2.05) is 19.1 Å². The van der Waals surface area contributed by atoms with Crippen molar-refractivity contribution in [2.75, 3.05) is 5.32 Å². The predicted octanol–water partition coefficient (Wildman–Crippen LogP) is 6.38. The SMILES string of the molecule is CCC(=O)Nc1cccc(C2CC2)c1COc1cc(C)c(CC)cc1C(F)(F)F. The maximum absolute atomic E-state index is 13.6. The number of rotatable bonds is 7. The van der Waals surface area contributed by atoms with Gasteiger partial charge in [0.25, 0.3) is 0 Å². The summed E-state index contributed by atoms with van der Waals surface area (Å²) in [6.45, 7) is 5.35. The van der Waals surface area contributed by atoms with E-state index in [0.29, 0.717) is 30.0 Å². The number of anilines is 1. The van der Waals surface area contributed by atoms with Crippen molar-refractivity contribution in [1.29, 1.82) is 0 Å². The quantitative estimate of drug-likeness (QED) is 0.580. The van der Waals surface area contributed by atoms with Crippen molar-refractivity contribution in [3.63, 3.8) is 0 Å². The molecule has 156 valence electrons. The lowest BCUT2D eigenvalue weighted by atomic mass is 10.0. The summed E-state index contributed by atoms with van der Waals surface area (Å²) in [5.41, 5.74) is 3.06. The first-order valence-corrected chi connectivity index (χ1v) is 9.99. The number of aryl methyl sites for hydroxylation is 2. The number of hydrogen-bond acceptors (Lipinski definition) is 2. The first-order chi connectivity index (χ1) is 13.7. The second-order valence-electron chi connectivity index (χ2n) is 7.46. The van der Waals surface area contributed by atoms with Gasteiger partial charge >= 0.3 is 6.18 Å². The van der Waals surface area contributed by atoms with Crippen LogP contribution in [0.3, 0.4) is 0 Å². The zero-order valence-corrected chi connectivity index (χ0v) is 17.0. The van der Waals surface area contributed by atoms with E-state index in [1.54, 1.807) is 19.9 Å². The number of benzene rings is 2. The Labute approximate surface area is 169 Å². The second kappa shape index (κ2) is 8.47. The van der Waals surface area contributed by atoms with Gasteiger partial charge in [-0.25, -0.2) is 0 Å². The molecule has 3 rings (SSSR count). The van der Waals surface area contributed by atoms with E-state index < -0.39 is 11.7 Å². The number of amides is 1. The average molecular weight is 405 g/mol. The Morgan fingerprint density at radius 1 is 1.21 bits per heavy atom. The Balaban J connectivity index is 1.95. The summed E-state index contributed by atoms with van der Waals surface area (Å²) in [7, 11) is 0. The van der Waals surface area contributed by atoms with Crippen molar-refractivity contribution in [3.05, 3.63) is 58.1 Å². The lowest BCUT2D eigenvalue weighted by molar-refractivity contribution is -0.139. The molecule has 3 nitrogen and oxygen atoms in total. The lowest BCUT2D eigenvalue weighted by Gasteiger charge is -2.20. The van der Waals surface area contributed by atoms with Crippen LogP contribution in [0.4, 0.5) is 18.9 Å². The fourth-order valence-corrected chi connectivity index (χ4v) is 3.50. The smallest absolute Gasteiger partial charge is 0.419 e. The molecule has 0 bridgehead atoms. The van der Waals surface area contributed by atoms with Crippen molar-refractivity contribution < 1.29 is 22.7 Å². The molecular weight excluding hydrogens is 379 g/mol. The molecule has 2 aromatic carbocycles. The van der Waals surface area contributed by atoms with Gasteiger partial charge in [0.1, 0.15) is 12.4 Å². The van der Waals surface area contributed by atoms with Crippen LogP contribution in [0.5, 0.6) is 5.75 Å². The molecule has 2 aromatic rings. The minimum atomic E-state index is -4.50. The predicted molar refractivity (Wildman–Crippen MR) is 107 cm³/mol. The highest BCUT2D eigenvalue weighted by molar-refractivity contribution is 5.91. The Morgan fingerprint density at radius 2 is 1.93 bits per heavy atom. The molecule has 1 saturated carbocycles. The zero-order valence-electron chi connectivity index (χ0n) is 17.0. The highest BCUT2D eigenvalue weighted by Crippen LogP contribution is 2.44. The van der Waals surface area contributed by atoms with Crippen LogP contribution < -0.4 is 10.1 Å². The third-order valence-electron chi connectivity index (χ3n) is 5.32. The Morgan fingerprint density at radius 3 is 2.52 bits per heavy atom. The normalized spacial score (nSPS) is 14.0. The van der Waals surface area contributed by atoms with E-state index in [1.165, 1.54) is 12.1 Å². The lowest BCUT2D eigenvalue weighted by Crippen LogP contribution is -2.14. The number of carbonyl (C=O) groups excluding carboxylic acids is 1. The van der Waals surface area contributed by atoms with Crippen molar-refractivity contribution in [2.45, 2.75) is 65.2 Å². The van der Waals surface area contributed by atoms with E-state index in [0.717, 1.165) is 29.5 Å². The van der Waals surface area contributed by atoms with Crippen molar-refractivity contribution in [1.82, 2.24) is 0 Å². The molecule has 0 unspecified atom stereocenters. The first kappa shape index (κ1) is 21.2. The van der Waals surface area contributed by atoms with Gasteiger partial charge in [-0.1, -0.05) is 26.0 Å². The highest BCUT2D eigenvalue weighted by atomic mass is 19.4. The van der Waals surface area contributed by atoms with Crippen LogP contribution in [0.25, 0.3) is 0 Å². The van der Waals surface area contributed by atoms with Crippen LogP contribution in [0.15, 0.2) is 30.3 Å². The molecule has 6 heteroatoms. The Kier molecular flexibility index (Phi) is 6.20.